The Morgan fingerprint density at radius 2 is 2.00 bits per heavy atom. The maximum Gasteiger partial charge on any atom is 0.257 e. The molecule has 8 nitrogen and oxygen atoms in total. The number of furan rings is 1. The van der Waals surface area contributed by atoms with Gasteiger partial charge in [-0.1, -0.05) is 26.0 Å². The van der Waals surface area contributed by atoms with Crippen molar-refractivity contribution in [2.24, 2.45) is 11.0 Å². The van der Waals surface area contributed by atoms with Gasteiger partial charge in [-0.3, -0.25) is 4.79 Å². The summed E-state index contributed by atoms with van der Waals surface area (Å²) in [6, 6.07) is 11.0. The van der Waals surface area contributed by atoms with Crippen LogP contribution in [-0.4, -0.2) is 33.3 Å². The number of para-hydroxylation sites is 2. The van der Waals surface area contributed by atoms with Gasteiger partial charge < -0.3 is 15.5 Å². The molecule has 0 spiro atoms. The van der Waals surface area contributed by atoms with Gasteiger partial charge in [0.25, 0.3) is 5.91 Å². The number of rotatable bonds is 5. The quantitative estimate of drug-likeness (QED) is 0.520. The first-order valence-corrected chi connectivity index (χ1v) is 8.97. The minimum atomic E-state index is -0.298. The van der Waals surface area contributed by atoms with E-state index >= 15 is 0 Å². The fourth-order valence-corrected chi connectivity index (χ4v) is 2.85. The van der Waals surface area contributed by atoms with E-state index < -0.39 is 0 Å². The average Bonchev–Trinajstić information content (AvgIpc) is 3.28. The molecular formula is C20H20N6O2. The van der Waals surface area contributed by atoms with Gasteiger partial charge in [0.05, 0.1) is 23.5 Å². The van der Waals surface area contributed by atoms with Gasteiger partial charge in [-0.2, -0.15) is 9.78 Å². The largest absolute Gasteiger partial charge is 0.463 e. The van der Waals surface area contributed by atoms with Crippen molar-refractivity contribution >= 4 is 40.1 Å². The van der Waals surface area contributed by atoms with Crippen LogP contribution < -0.4 is 11.1 Å². The molecule has 0 aliphatic rings. The number of nitrogens with two attached hydrogens (primary N) is 1. The fourth-order valence-electron chi connectivity index (χ4n) is 2.85. The molecule has 8 heteroatoms. The van der Waals surface area contributed by atoms with Crippen molar-refractivity contribution in [2.75, 3.05) is 12.3 Å². The van der Waals surface area contributed by atoms with Gasteiger partial charge in [0.15, 0.2) is 5.65 Å². The predicted molar refractivity (Wildman–Crippen MR) is 108 cm³/mol. The molecule has 4 rings (SSSR count). The molecule has 0 atom stereocenters. The van der Waals surface area contributed by atoms with Gasteiger partial charge in [-0.25, -0.2) is 9.97 Å². The minimum Gasteiger partial charge on any atom is -0.463 e. The molecular weight excluding hydrogens is 356 g/mol. The van der Waals surface area contributed by atoms with Crippen LogP contribution in [0.4, 0.5) is 5.82 Å². The maximum atomic E-state index is 12.8. The molecule has 3 N–H and O–H groups in total. The molecule has 0 unspecified atom stereocenters. The first kappa shape index (κ1) is 17.7. The first-order chi connectivity index (χ1) is 13.5. The van der Waals surface area contributed by atoms with Crippen molar-refractivity contribution in [3.8, 4) is 0 Å². The standard InChI is InChI=1S/C20H20N6O2/c1-12(2)10-22-20(27)16-17-19(25-15-8-4-3-7-14(15)24-17)26(18(16)21)23-11-13-6-5-9-28-13/h3-9,11-12H,10,21H2,1-2H3,(H,22,27)/b23-11+. The summed E-state index contributed by atoms with van der Waals surface area (Å²) in [5, 5.41) is 7.26. The SMILES string of the molecule is CC(C)CNC(=O)c1c(N)n(/N=C/c2ccco2)c2nc3ccccc3nc12. The molecule has 0 aliphatic heterocycles. The molecule has 4 aromatic rings. The number of hydrogen-bond acceptors (Lipinski definition) is 6. The summed E-state index contributed by atoms with van der Waals surface area (Å²) < 4.78 is 6.70. The number of anilines is 1. The molecule has 0 saturated heterocycles. The van der Waals surface area contributed by atoms with Gasteiger partial charge in [0.1, 0.15) is 22.7 Å². The molecule has 0 radical (unpaired) electrons. The lowest BCUT2D eigenvalue weighted by atomic mass is 10.2. The van der Waals surface area contributed by atoms with Crippen molar-refractivity contribution in [2.45, 2.75) is 13.8 Å². The van der Waals surface area contributed by atoms with Crippen molar-refractivity contribution in [1.29, 1.82) is 0 Å². The van der Waals surface area contributed by atoms with Crippen molar-refractivity contribution in [3.05, 3.63) is 54.0 Å². The van der Waals surface area contributed by atoms with Crippen molar-refractivity contribution in [3.63, 3.8) is 0 Å². The zero-order valence-corrected chi connectivity index (χ0v) is 15.6. The third-order valence-electron chi connectivity index (χ3n) is 4.22. The second-order valence-electron chi connectivity index (χ2n) is 6.82. The van der Waals surface area contributed by atoms with E-state index in [1.165, 1.54) is 10.9 Å². The van der Waals surface area contributed by atoms with Crippen LogP contribution >= 0.6 is 0 Å². The molecule has 3 heterocycles. The average molecular weight is 376 g/mol. The smallest absolute Gasteiger partial charge is 0.257 e. The Hall–Kier alpha value is -3.68. The summed E-state index contributed by atoms with van der Waals surface area (Å²) in [4.78, 5) is 22.1. The van der Waals surface area contributed by atoms with E-state index in [0.717, 1.165) is 0 Å². The molecule has 0 fully saturated rings. The van der Waals surface area contributed by atoms with E-state index in [0.29, 0.717) is 40.4 Å². The van der Waals surface area contributed by atoms with Crippen LogP contribution in [0.2, 0.25) is 0 Å². The number of benzene rings is 1. The lowest BCUT2D eigenvalue weighted by Crippen LogP contribution is -2.28. The third kappa shape index (κ3) is 3.20. The second kappa shape index (κ2) is 7.15. The summed E-state index contributed by atoms with van der Waals surface area (Å²) in [5.41, 5.74) is 8.77. The molecule has 0 aliphatic carbocycles. The highest BCUT2D eigenvalue weighted by atomic mass is 16.3. The molecule has 1 aromatic carbocycles. The van der Waals surface area contributed by atoms with Crippen molar-refractivity contribution < 1.29 is 9.21 Å². The number of nitrogens with zero attached hydrogens (tertiary/aromatic N) is 4. The molecule has 0 saturated carbocycles. The van der Waals surface area contributed by atoms with Crippen LogP contribution in [-0.2, 0) is 0 Å². The highest BCUT2D eigenvalue weighted by molar-refractivity contribution is 6.10. The molecule has 1 amide bonds. The molecule has 0 bridgehead atoms. The van der Waals surface area contributed by atoms with Crippen molar-refractivity contribution in [1.82, 2.24) is 20.0 Å². The van der Waals surface area contributed by atoms with Crippen LogP contribution in [0.15, 0.2) is 52.2 Å². The van der Waals surface area contributed by atoms with Crippen LogP contribution in [0.3, 0.4) is 0 Å². The van der Waals surface area contributed by atoms with E-state index in [1.807, 2.05) is 38.1 Å². The number of nitrogen functional groups attached to an aromatic ring is 1. The maximum absolute atomic E-state index is 12.8. The fraction of sp³-hybridized carbons (Fsp3) is 0.200. The molecule has 3 aromatic heterocycles. The Morgan fingerprint density at radius 3 is 2.68 bits per heavy atom. The summed E-state index contributed by atoms with van der Waals surface area (Å²) >= 11 is 0. The number of fused-ring (bicyclic) bond motifs is 2. The van der Waals surface area contributed by atoms with Gasteiger partial charge in [-0.15, -0.1) is 0 Å². The van der Waals surface area contributed by atoms with Gasteiger partial charge in [0, 0.05) is 6.54 Å². The Balaban J connectivity index is 1.90. The third-order valence-corrected chi connectivity index (χ3v) is 4.22. The van der Waals surface area contributed by atoms with Gasteiger partial charge >= 0.3 is 0 Å². The first-order valence-electron chi connectivity index (χ1n) is 8.97. The summed E-state index contributed by atoms with van der Waals surface area (Å²) in [7, 11) is 0. The zero-order chi connectivity index (χ0) is 19.7. The second-order valence-corrected chi connectivity index (χ2v) is 6.82. The minimum absolute atomic E-state index is 0.175. The Morgan fingerprint density at radius 1 is 1.25 bits per heavy atom. The molecule has 142 valence electrons. The number of aromatic nitrogens is 3. The van der Waals surface area contributed by atoms with Gasteiger partial charge in [0.2, 0.25) is 0 Å². The van der Waals surface area contributed by atoms with Gasteiger partial charge in [-0.05, 0) is 30.2 Å². The summed E-state index contributed by atoms with van der Waals surface area (Å²) in [6.45, 7) is 4.57. The van der Waals surface area contributed by atoms with Crippen LogP contribution in [0, 0.1) is 5.92 Å². The lowest BCUT2D eigenvalue weighted by Gasteiger charge is -2.07. The number of amides is 1. The van der Waals surface area contributed by atoms with E-state index in [4.69, 9.17) is 10.2 Å². The topological polar surface area (TPSA) is 111 Å². The number of carbonyl (C=O) groups is 1. The Bertz CT molecular complexity index is 1170. The predicted octanol–water partition coefficient (Wildman–Crippen LogP) is 3.03. The van der Waals surface area contributed by atoms with E-state index in [1.54, 1.807) is 18.4 Å². The van der Waals surface area contributed by atoms with Crippen LogP contribution in [0.5, 0.6) is 0 Å². The number of hydrogen-bond donors (Lipinski definition) is 2. The van der Waals surface area contributed by atoms with E-state index in [2.05, 4.69) is 20.4 Å². The zero-order valence-electron chi connectivity index (χ0n) is 15.6. The van der Waals surface area contributed by atoms with E-state index in [9.17, 15) is 4.79 Å². The summed E-state index contributed by atoms with van der Waals surface area (Å²) in [6.07, 6.45) is 3.07. The normalized spacial score (nSPS) is 11.8. The Labute approximate surface area is 161 Å². The lowest BCUT2D eigenvalue weighted by molar-refractivity contribution is 0.0951. The van der Waals surface area contributed by atoms with E-state index in [-0.39, 0.29) is 17.3 Å². The number of carbonyl (C=O) groups excluding carboxylic acids is 1. The molecule has 28 heavy (non-hydrogen) atoms. The summed E-state index contributed by atoms with van der Waals surface area (Å²) in [5.74, 6) is 0.741. The van der Waals surface area contributed by atoms with Crippen LogP contribution in [0.1, 0.15) is 30.0 Å². The number of nitrogens with one attached hydrogen (secondary N) is 1. The highest BCUT2D eigenvalue weighted by Crippen LogP contribution is 2.27. The highest BCUT2D eigenvalue weighted by Gasteiger charge is 2.24. The Kier molecular flexibility index (Phi) is 4.52. The van der Waals surface area contributed by atoms with Crippen LogP contribution in [0.25, 0.3) is 22.2 Å². The monoisotopic (exact) mass is 376 g/mol.